The van der Waals surface area contributed by atoms with Crippen LogP contribution in [0.4, 0.5) is 0 Å². The van der Waals surface area contributed by atoms with Crippen molar-refractivity contribution in [1.82, 2.24) is 0 Å². The summed E-state index contributed by atoms with van der Waals surface area (Å²) >= 11 is 18.6. The van der Waals surface area contributed by atoms with E-state index >= 15 is 0 Å². The average Bonchev–Trinajstić information content (AvgIpc) is 2.47. The van der Waals surface area contributed by atoms with E-state index in [1.807, 2.05) is 48.5 Å². The lowest BCUT2D eigenvalue weighted by Crippen LogP contribution is -2.19. The third kappa shape index (κ3) is 3.76. The van der Waals surface area contributed by atoms with Gasteiger partial charge in [0.25, 0.3) is 0 Å². The summed E-state index contributed by atoms with van der Waals surface area (Å²) in [5.41, 5.74) is 1.70. The van der Waals surface area contributed by atoms with Gasteiger partial charge in [0.05, 0.1) is 20.1 Å². The monoisotopic (exact) mass is 344 g/mol. The molecule has 0 N–H and O–H groups in total. The third-order valence-corrected chi connectivity index (χ3v) is 3.88. The fourth-order valence-electron chi connectivity index (χ4n) is 2.25. The lowest BCUT2D eigenvalue weighted by atomic mass is 9.91. The lowest BCUT2D eigenvalue weighted by Gasteiger charge is -2.27. The first kappa shape index (κ1) is 16.3. The summed E-state index contributed by atoms with van der Waals surface area (Å²) in [5, 5.41) is 0. The Hall–Kier alpha value is -1.09. The Bertz CT molecular complexity index is 591. The molecule has 21 heavy (non-hydrogen) atoms. The molecular formula is C16H15Cl3O2. The number of hydrogen-bond donors (Lipinski definition) is 0. The number of alkyl halides is 3. The average molecular weight is 346 g/mol. The van der Waals surface area contributed by atoms with E-state index in [9.17, 15) is 0 Å². The molecule has 0 aromatic heterocycles. The van der Waals surface area contributed by atoms with Crippen molar-refractivity contribution in [3.05, 3.63) is 59.7 Å². The molecule has 0 amide bonds. The maximum Gasteiger partial charge on any atom is 0.201 e. The predicted octanol–water partition coefficient (Wildman–Crippen LogP) is 5.21. The van der Waals surface area contributed by atoms with Crippen LogP contribution in [-0.2, 0) is 0 Å². The highest BCUT2D eigenvalue weighted by atomic mass is 35.6. The van der Waals surface area contributed by atoms with Gasteiger partial charge >= 0.3 is 0 Å². The zero-order valence-electron chi connectivity index (χ0n) is 11.6. The van der Waals surface area contributed by atoms with Gasteiger partial charge in [-0.05, 0) is 23.8 Å². The summed E-state index contributed by atoms with van der Waals surface area (Å²) in [5.74, 6) is 0.996. The third-order valence-electron chi connectivity index (χ3n) is 3.23. The van der Waals surface area contributed by atoms with Crippen LogP contribution in [0.2, 0.25) is 0 Å². The van der Waals surface area contributed by atoms with Gasteiger partial charge < -0.3 is 9.47 Å². The minimum atomic E-state index is -1.50. The molecule has 0 aliphatic carbocycles. The van der Waals surface area contributed by atoms with E-state index in [0.29, 0.717) is 5.75 Å². The molecule has 2 rings (SSSR count). The summed E-state index contributed by atoms with van der Waals surface area (Å²) in [4.78, 5) is 0. The number of methoxy groups -OCH3 is 2. The highest BCUT2D eigenvalue weighted by Crippen LogP contribution is 2.48. The van der Waals surface area contributed by atoms with Crippen molar-refractivity contribution < 1.29 is 9.47 Å². The van der Waals surface area contributed by atoms with E-state index in [4.69, 9.17) is 44.3 Å². The van der Waals surface area contributed by atoms with Crippen LogP contribution in [-0.4, -0.2) is 18.0 Å². The fraction of sp³-hybridized carbons (Fsp3) is 0.250. The molecule has 0 aliphatic rings. The highest BCUT2D eigenvalue weighted by molar-refractivity contribution is 6.68. The zero-order valence-corrected chi connectivity index (χ0v) is 13.9. The molecule has 0 radical (unpaired) electrons. The van der Waals surface area contributed by atoms with Gasteiger partial charge in [0.2, 0.25) is 3.79 Å². The minimum absolute atomic E-state index is 0.440. The maximum absolute atomic E-state index is 6.21. The second-order valence-corrected chi connectivity index (χ2v) is 6.86. The summed E-state index contributed by atoms with van der Waals surface area (Å²) < 4.78 is 9.05. The van der Waals surface area contributed by atoms with Gasteiger partial charge in [0, 0.05) is 5.56 Å². The molecule has 0 bridgehead atoms. The summed E-state index contributed by atoms with van der Waals surface area (Å²) in [6, 6.07) is 15.0. The molecule has 5 heteroatoms. The fourth-order valence-corrected chi connectivity index (χ4v) is 2.98. The van der Waals surface area contributed by atoms with E-state index in [-0.39, 0.29) is 0 Å². The van der Waals surface area contributed by atoms with Gasteiger partial charge in [-0.25, -0.2) is 0 Å². The van der Waals surface area contributed by atoms with Crippen LogP contribution in [0.5, 0.6) is 11.5 Å². The molecule has 2 nitrogen and oxygen atoms in total. The number of halogens is 3. The SMILES string of the molecule is COc1ccc(C(c2ccccc2OC)C(Cl)(Cl)Cl)cc1. The first-order chi connectivity index (χ1) is 9.97. The molecule has 0 saturated carbocycles. The van der Waals surface area contributed by atoms with Gasteiger partial charge in [-0.15, -0.1) is 0 Å². The first-order valence-corrected chi connectivity index (χ1v) is 7.44. The molecule has 112 valence electrons. The molecule has 0 saturated heterocycles. The predicted molar refractivity (Wildman–Crippen MR) is 88.1 cm³/mol. The van der Waals surface area contributed by atoms with Crippen molar-refractivity contribution in [3.8, 4) is 11.5 Å². The molecule has 2 aromatic rings. The standard InChI is InChI=1S/C16H15Cl3O2/c1-20-12-9-7-11(8-10-12)15(16(17,18)19)13-5-3-4-6-14(13)21-2/h3-10,15H,1-2H3. The highest BCUT2D eigenvalue weighted by Gasteiger charge is 2.36. The molecule has 0 spiro atoms. The van der Waals surface area contributed by atoms with Crippen molar-refractivity contribution >= 4 is 34.8 Å². The van der Waals surface area contributed by atoms with Gasteiger partial charge in [0.1, 0.15) is 11.5 Å². The van der Waals surface area contributed by atoms with E-state index in [1.54, 1.807) is 14.2 Å². The number of hydrogen-bond acceptors (Lipinski definition) is 2. The van der Waals surface area contributed by atoms with E-state index < -0.39 is 9.71 Å². The Morgan fingerprint density at radius 3 is 2.00 bits per heavy atom. The second-order valence-electron chi connectivity index (χ2n) is 4.49. The van der Waals surface area contributed by atoms with Crippen molar-refractivity contribution in [2.24, 2.45) is 0 Å². The van der Waals surface area contributed by atoms with E-state index in [1.165, 1.54) is 0 Å². The van der Waals surface area contributed by atoms with Gasteiger partial charge in [-0.3, -0.25) is 0 Å². The maximum atomic E-state index is 6.21. The van der Waals surface area contributed by atoms with Gasteiger partial charge in [-0.1, -0.05) is 65.1 Å². The van der Waals surface area contributed by atoms with Crippen molar-refractivity contribution in [2.75, 3.05) is 14.2 Å². The summed E-state index contributed by atoms with van der Waals surface area (Å²) in [6.45, 7) is 0. The number of ether oxygens (including phenoxy) is 2. The Morgan fingerprint density at radius 2 is 1.48 bits per heavy atom. The number of benzene rings is 2. The van der Waals surface area contributed by atoms with Crippen molar-refractivity contribution in [2.45, 2.75) is 9.71 Å². The van der Waals surface area contributed by atoms with Crippen LogP contribution in [0.3, 0.4) is 0 Å². The van der Waals surface area contributed by atoms with Gasteiger partial charge in [0.15, 0.2) is 0 Å². The largest absolute Gasteiger partial charge is 0.497 e. The molecule has 0 fully saturated rings. The Morgan fingerprint density at radius 1 is 0.857 bits per heavy atom. The van der Waals surface area contributed by atoms with Crippen LogP contribution >= 0.6 is 34.8 Å². The smallest absolute Gasteiger partial charge is 0.201 e. The van der Waals surface area contributed by atoms with Crippen LogP contribution in [0, 0.1) is 0 Å². The Labute approximate surface area is 139 Å². The molecule has 0 aliphatic heterocycles. The molecule has 0 heterocycles. The minimum Gasteiger partial charge on any atom is -0.497 e. The lowest BCUT2D eigenvalue weighted by molar-refractivity contribution is 0.407. The number of para-hydroxylation sites is 1. The Balaban J connectivity index is 2.53. The second kappa shape index (κ2) is 6.78. The summed E-state index contributed by atoms with van der Waals surface area (Å²) in [7, 11) is 3.21. The molecule has 1 unspecified atom stereocenters. The van der Waals surface area contributed by atoms with Crippen molar-refractivity contribution in [3.63, 3.8) is 0 Å². The van der Waals surface area contributed by atoms with Crippen LogP contribution in [0.1, 0.15) is 17.0 Å². The van der Waals surface area contributed by atoms with E-state index in [2.05, 4.69) is 0 Å². The topological polar surface area (TPSA) is 18.5 Å². The zero-order chi connectivity index (χ0) is 15.5. The quantitative estimate of drug-likeness (QED) is 0.709. The first-order valence-electron chi connectivity index (χ1n) is 6.31. The van der Waals surface area contributed by atoms with Crippen LogP contribution < -0.4 is 9.47 Å². The molecule has 1 atom stereocenters. The number of rotatable bonds is 4. The van der Waals surface area contributed by atoms with Crippen LogP contribution in [0.25, 0.3) is 0 Å². The van der Waals surface area contributed by atoms with Crippen molar-refractivity contribution in [1.29, 1.82) is 0 Å². The molecular weight excluding hydrogens is 331 g/mol. The summed E-state index contributed by atoms with van der Waals surface area (Å²) in [6.07, 6.45) is 0. The van der Waals surface area contributed by atoms with E-state index in [0.717, 1.165) is 16.9 Å². The normalized spacial score (nSPS) is 12.8. The van der Waals surface area contributed by atoms with Crippen LogP contribution in [0.15, 0.2) is 48.5 Å². The molecule has 2 aromatic carbocycles. The Kier molecular flexibility index (Phi) is 5.26. The van der Waals surface area contributed by atoms with Gasteiger partial charge in [-0.2, -0.15) is 0 Å².